The topological polar surface area (TPSA) is 67.0 Å². The Morgan fingerprint density at radius 3 is 2.65 bits per heavy atom. The maximum atomic E-state index is 12.2. The summed E-state index contributed by atoms with van der Waals surface area (Å²) in [7, 11) is 0. The lowest BCUT2D eigenvalue weighted by atomic mass is 10.0. The number of nitrogens with two attached hydrogens (primary N) is 1. The number of fused-ring (bicyclic) bond motifs is 1. The van der Waals surface area contributed by atoms with Gasteiger partial charge in [0.2, 0.25) is 0 Å². The molecule has 1 saturated heterocycles. The van der Waals surface area contributed by atoms with Gasteiger partial charge in [-0.05, 0) is 44.9 Å². The highest BCUT2D eigenvalue weighted by Gasteiger charge is 2.24. The SMILES string of the molecule is CC(C)N1CCC(n2c(=O)[nH]c3cc(N)ccc32)CC1. The van der Waals surface area contributed by atoms with Crippen molar-refractivity contribution in [2.75, 3.05) is 18.8 Å². The molecule has 1 aliphatic rings. The van der Waals surface area contributed by atoms with Crippen LogP contribution in [0.2, 0.25) is 0 Å². The van der Waals surface area contributed by atoms with Crippen LogP contribution in [0.5, 0.6) is 0 Å². The van der Waals surface area contributed by atoms with Crippen molar-refractivity contribution in [1.82, 2.24) is 14.5 Å². The molecule has 5 heteroatoms. The van der Waals surface area contributed by atoms with E-state index in [4.69, 9.17) is 5.73 Å². The van der Waals surface area contributed by atoms with E-state index < -0.39 is 0 Å². The van der Waals surface area contributed by atoms with Crippen molar-refractivity contribution in [3.63, 3.8) is 0 Å². The molecule has 2 heterocycles. The van der Waals surface area contributed by atoms with Crippen LogP contribution < -0.4 is 11.4 Å². The number of hydrogen-bond acceptors (Lipinski definition) is 3. The second-order valence-electron chi connectivity index (χ2n) is 5.94. The summed E-state index contributed by atoms with van der Waals surface area (Å²) in [5.41, 5.74) is 8.24. The molecule has 20 heavy (non-hydrogen) atoms. The maximum Gasteiger partial charge on any atom is 0.326 e. The number of likely N-dealkylation sites (tertiary alicyclic amines) is 1. The van der Waals surface area contributed by atoms with Gasteiger partial charge in [0.05, 0.1) is 11.0 Å². The maximum absolute atomic E-state index is 12.2. The number of H-pyrrole nitrogens is 1. The van der Waals surface area contributed by atoms with E-state index in [2.05, 4.69) is 23.7 Å². The molecule has 0 unspecified atom stereocenters. The van der Waals surface area contributed by atoms with E-state index in [0.29, 0.717) is 11.7 Å². The smallest absolute Gasteiger partial charge is 0.326 e. The van der Waals surface area contributed by atoms with Crippen LogP contribution in [0.1, 0.15) is 32.7 Å². The Labute approximate surface area is 118 Å². The van der Waals surface area contributed by atoms with Crippen LogP contribution in [-0.2, 0) is 0 Å². The third kappa shape index (κ3) is 2.22. The Morgan fingerprint density at radius 2 is 2.00 bits per heavy atom. The number of nitrogens with one attached hydrogen (secondary N) is 1. The van der Waals surface area contributed by atoms with Gasteiger partial charge in [0.15, 0.2) is 0 Å². The molecule has 0 bridgehead atoms. The van der Waals surface area contributed by atoms with Gasteiger partial charge < -0.3 is 15.6 Å². The first kappa shape index (κ1) is 13.2. The first-order valence-electron chi connectivity index (χ1n) is 7.30. The highest BCUT2D eigenvalue weighted by Crippen LogP contribution is 2.26. The van der Waals surface area contributed by atoms with Crippen molar-refractivity contribution in [2.24, 2.45) is 0 Å². The molecule has 1 fully saturated rings. The number of aromatic amines is 1. The number of nitrogen functional groups attached to an aromatic ring is 1. The fraction of sp³-hybridized carbons (Fsp3) is 0.533. The molecule has 0 saturated carbocycles. The second-order valence-corrected chi connectivity index (χ2v) is 5.94. The molecule has 108 valence electrons. The Morgan fingerprint density at radius 1 is 1.30 bits per heavy atom. The summed E-state index contributed by atoms with van der Waals surface area (Å²) in [5, 5.41) is 0. The van der Waals surface area contributed by atoms with E-state index in [-0.39, 0.29) is 11.7 Å². The van der Waals surface area contributed by atoms with Crippen molar-refractivity contribution in [3.8, 4) is 0 Å². The number of rotatable bonds is 2. The highest BCUT2D eigenvalue weighted by molar-refractivity contribution is 5.79. The molecule has 2 aromatic rings. The molecule has 1 aromatic carbocycles. The molecule has 5 nitrogen and oxygen atoms in total. The number of nitrogens with zero attached hydrogens (tertiary/aromatic N) is 2. The molecule has 1 aromatic heterocycles. The zero-order chi connectivity index (χ0) is 14.3. The second kappa shape index (κ2) is 4.98. The summed E-state index contributed by atoms with van der Waals surface area (Å²) in [6, 6.07) is 6.49. The summed E-state index contributed by atoms with van der Waals surface area (Å²) >= 11 is 0. The van der Waals surface area contributed by atoms with E-state index in [1.807, 2.05) is 22.8 Å². The average Bonchev–Trinajstić information content (AvgIpc) is 2.73. The van der Waals surface area contributed by atoms with Crippen molar-refractivity contribution < 1.29 is 0 Å². The van der Waals surface area contributed by atoms with Crippen LogP contribution >= 0.6 is 0 Å². The van der Waals surface area contributed by atoms with Gasteiger partial charge in [-0.15, -0.1) is 0 Å². The van der Waals surface area contributed by atoms with Crippen LogP contribution in [0.25, 0.3) is 11.0 Å². The Bertz CT molecular complexity index is 662. The van der Waals surface area contributed by atoms with E-state index in [1.165, 1.54) is 0 Å². The zero-order valence-corrected chi connectivity index (χ0v) is 12.1. The third-order valence-electron chi connectivity index (χ3n) is 4.34. The monoisotopic (exact) mass is 274 g/mol. The summed E-state index contributed by atoms with van der Waals surface area (Å²) < 4.78 is 1.91. The first-order chi connectivity index (χ1) is 9.56. The molecular weight excluding hydrogens is 252 g/mol. The van der Waals surface area contributed by atoms with Crippen molar-refractivity contribution >= 4 is 16.7 Å². The van der Waals surface area contributed by atoms with Crippen LogP contribution in [-0.4, -0.2) is 33.6 Å². The van der Waals surface area contributed by atoms with Crippen LogP contribution in [0.4, 0.5) is 5.69 Å². The molecule has 3 rings (SSSR count). The van der Waals surface area contributed by atoms with Gasteiger partial charge in [-0.25, -0.2) is 4.79 Å². The summed E-state index contributed by atoms with van der Waals surface area (Å²) in [6.45, 7) is 6.55. The Hall–Kier alpha value is -1.75. The fourth-order valence-electron chi connectivity index (χ4n) is 3.17. The quantitative estimate of drug-likeness (QED) is 0.823. The lowest BCUT2D eigenvalue weighted by Crippen LogP contribution is -2.40. The van der Waals surface area contributed by atoms with Gasteiger partial charge in [0.1, 0.15) is 0 Å². The normalized spacial score (nSPS) is 18.1. The molecule has 0 atom stereocenters. The van der Waals surface area contributed by atoms with Gasteiger partial charge in [0.25, 0.3) is 0 Å². The van der Waals surface area contributed by atoms with Gasteiger partial charge in [-0.2, -0.15) is 0 Å². The number of piperidine rings is 1. The minimum Gasteiger partial charge on any atom is -0.399 e. The molecule has 0 amide bonds. The van der Waals surface area contributed by atoms with Crippen molar-refractivity contribution in [2.45, 2.75) is 38.8 Å². The molecule has 3 N–H and O–H groups in total. The van der Waals surface area contributed by atoms with E-state index in [0.717, 1.165) is 37.0 Å². The minimum atomic E-state index is -0.0198. The summed E-state index contributed by atoms with van der Waals surface area (Å²) in [5.74, 6) is 0. The van der Waals surface area contributed by atoms with Crippen molar-refractivity contribution in [3.05, 3.63) is 28.7 Å². The zero-order valence-electron chi connectivity index (χ0n) is 12.1. The molecule has 1 aliphatic heterocycles. The standard InChI is InChI=1S/C15H22N4O/c1-10(2)18-7-5-12(6-8-18)19-14-4-3-11(16)9-13(14)17-15(19)20/h3-4,9-10,12H,5-8,16H2,1-2H3,(H,17,20). The molecular formula is C15H22N4O. The number of aromatic nitrogens is 2. The van der Waals surface area contributed by atoms with Crippen molar-refractivity contribution in [1.29, 1.82) is 0 Å². The van der Waals surface area contributed by atoms with Gasteiger partial charge in [0, 0.05) is 30.9 Å². The van der Waals surface area contributed by atoms with E-state index >= 15 is 0 Å². The minimum absolute atomic E-state index is 0.0198. The lowest BCUT2D eigenvalue weighted by molar-refractivity contribution is 0.152. The van der Waals surface area contributed by atoms with Crippen LogP contribution in [0, 0.1) is 0 Å². The molecule has 0 aliphatic carbocycles. The van der Waals surface area contributed by atoms with Crippen LogP contribution in [0.3, 0.4) is 0 Å². The summed E-state index contributed by atoms with van der Waals surface area (Å²) in [4.78, 5) is 17.6. The van der Waals surface area contributed by atoms with Crippen LogP contribution in [0.15, 0.2) is 23.0 Å². The largest absolute Gasteiger partial charge is 0.399 e. The predicted octanol–water partition coefficient (Wildman–Crippen LogP) is 1.96. The predicted molar refractivity (Wildman–Crippen MR) is 82.0 cm³/mol. The molecule has 0 radical (unpaired) electrons. The highest BCUT2D eigenvalue weighted by atomic mass is 16.1. The third-order valence-corrected chi connectivity index (χ3v) is 4.34. The van der Waals surface area contributed by atoms with Gasteiger partial charge in [-0.1, -0.05) is 0 Å². The number of imidazole rings is 1. The summed E-state index contributed by atoms with van der Waals surface area (Å²) in [6.07, 6.45) is 2.05. The number of anilines is 1. The average molecular weight is 274 g/mol. The van der Waals surface area contributed by atoms with E-state index in [1.54, 1.807) is 0 Å². The molecule has 0 spiro atoms. The first-order valence-corrected chi connectivity index (χ1v) is 7.30. The van der Waals surface area contributed by atoms with E-state index in [9.17, 15) is 4.79 Å². The number of hydrogen-bond donors (Lipinski definition) is 2. The van der Waals surface area contributed by atoms with Gasteiger partial charge >= 0.3 is 5.69 Å². The number of benzene rings is 1. The Balaban J connectivity index is 1.92. The lowest BCUT2D eigenvalue weighted by Gasteiger charge is -2.35. The fourth-order valence-corrected chi connectivity index (χ4v) is 3.17. The Kier molecular flexibility index (Phi) is 3.30. The van der Waals surface area contributed by atoms with Gasteiger partial charge in [-0.3, -0.25) is 4.57 Å².